The number of hydrogen-bond donors (Lipinski definition) is 0. The van der Waals surface area contributed by atoms with Gasteiger partial charge in [-0.2, -0.15) is 0 Å². The summed E-state index contributed by atoms with van der Waals surface area (Å²) in [5.41, 5.74) is 3.81. The molecule has 0 fully saturated rings. The van der Waals surface area contributed by atoms with Gasteiger partial charge in [-0.3, -0.25) is 4.99 Å². The van der Waals surface area contributed by atoms with Crippen molar-refractivity contribution in [1.29, 1.82) is 0 Å². The predicted octanol–water partition coefficient (Wildman–Crippen LogP) is 2.53. The van der Waals surface area contributed by atoms with Crippen molar-refractivity contribution >= 4 is 5.71 Å². The Bertz CT molecular complexity index is 509. The molecular weight excluding hydrogens is 196 g/mol. The first-order valence-electron chi connectivity index (χ1n) is 5.66. The summed E-state index contributed by atoms with van der Waals surface area (Å²) in [5, 5.41) is 0. The summed E-state index contributed by atoms with van der Waals surface area (Å²) in [4.78, 5) is 4.63. The molecular formula is C14H14N2. The zero-order chi connectivity index (χ0) is 10.8. The molecule has 0 atom stereocenters. The average Bonchev–Trinajstić information content (AvgIpc) is 2.80. The molecule has 1 aromatic heterocycles. The van der Waals surface area contributed by atoms with Gasteiger partial charge in [0.1, 0.15) is 0 Å². The van der Waals surface area contributed by atoms with Gasteiger partial charge in [-0.25, -0.2) is 0 Å². The molecule has 80 valence electrons. The summed E-state index contributed by atoms with van der Waals surface area (Å²) >= 11 is 0. The minimum atomic E-state index is 0.907. The first-order chi connectivity index (χ1) is 7.93. The lowest BCUT2D eigenvalue weighted by Crippen LogP contribution is -2.19. The van der Waals surface area contributed by atoms with Crippen molar-refractivity contribution in [2.45, 2.75) is 13.0 Å². The zero-order valence-electron chi connectivity index (χ0n) is 9.13. The maximum Gasteiger partial charge on any atom is 0.0629 e. The Morgan fingerprint density at radius 1 is 1.06 bits per heavy atom. The number of benzene rings is 1. The van der Waals surface area contributed by atoms with E-state index in [-0.39, 0.29) is 0 Å². The molecule has 0 unspecified atom stereocenters. The number of rotatable bonds is 2. The molecule has 2 aromatic rings. The molecule has 2 heteroatoms. The van der Waals surface area contributed by atoms with Crippen molar-refractivity contribution in [2.24, 2.45) is 4.99 Å². The largest absolute Gasteiger partial charge is 0.345 e. The Morgan fingerprint density at radius 2 is 1.94 bits per heavy atom. The Balaban J connectivity index is 1.89. The van der Waals surface area contributed by atoms with E-state index in [2.05, 4.69) is 58.2 Å². The van der Waals surface area contributed by atoms with Crippen LogP contribution in [-0.2, 0) is 13.0 Å². The molecule has 1 aliphatic rings. The molecule has 2 nitrogen and oxygen atoms in total. The fourth-order valence-corrected chi connectivity index (χ4v) is 2.18. The molecule has 1 aliphatic heterocycles. The highest BCUT2D eigenvalue weighted by atomic mass is 15.0. The molecule has 16 heavy (non-hydrogen) atoms. The summed E-state index contributed by atoms with van der Waals surface area (Å²) in [6.07, 6.45) is 3.07. The van der Waals surface area contributed by atoms with E-state index >= 15 is 0 Å². The second-order valence-electron chi connectivity index (χ2n) is 4.08. The SMILES string of the molecule is c1ccc(CC2=NCCn3cccc32)cc1. The van der Waals surface area contributed by atoms with E-state index in [0.717, 1.165) is 19.5 Å². The van der Waals surface area contributed by atoms with Crippen LogP contribution in [0.25, 0.3) is 0 Å². The molecule has 0 N–H and O–H groups in total. The Kier molecular flexibility index (Phi) is 2.33. The van der Waals surface area contributed by atoms with E-state index in [1.54, 1.807) is 0 Å². The maximum atomic E-state index is 4.63. The first-order valence-corrected chi connectivity index (χ1v) is 5.66. The van der Waals surface area contributed by atoms with Gasteiger partial charge in [-0.05, 0) is 17.7 Å². The standard InChI is InChI=1S/C14H14N2/c1-2-5-12(6-3-1)11-13-14-7-4-9-16(14)10-8-15-13/h1-7,9H,8,10-11H2. The van der Waals surface area contributed by atoms with Gasteiger partial charge < -0.3 is 4.57 Å². The fourth-order valence-electron chi connectivity index (χ4n) is 2.18. The van der Waals surface area contributed by atoms with Crippen LogP contribution >= 0.6 is 0 Å². The lowest BCUT2D eigenvalue weighted by molar-refractivity contribution is 0.687. The summed E-state index contributed by atoms with van der Waals surface area (Å²) in [6, 6.07) is 14.8. The minimum absolute atomic E-state index is 0.907. The third-order valence-electron chi connectivity index (χ3n) is 2.98. The van der Waals surface area contributed by atoms with Crippen molar-refractivity contribution in [2.75, 3.05) is 6.54 Å². The summed E-state index contributed by atoms with van der Waals surface area (Å²) in [5.74, 6) is 0. The van der Waals surface area contributed by atoms with Crippen molar-refractivity contribution in [3.63, 3.8) is 0 Å². The molecule has 0 aliphatic carbocycles. The van der Waals surface area contributed by atoms with Crippen LogP contribution in [0.1, 0.15) is 11.3 Å². The van der Waals surface area contributed by atoms with Crippen molar-refractivity contribution in [3.8, 4) is 0 Å². The third kappa shape index (κ3) is 1.67. The van der Waals surface area contributed by atoms with Crippen molar-refractivity contribution in [1.82, 2.24) is 4.57 Å². The molecule has 0 radical (unpaired) electrons. The zero-order valence-corrected chi connectivity index (χ0v) is 9.13. The quantitative estimate of drug-likeness (QED) is 0.724. The summed E-state index contributed by atoms with van der Waals surface area (Å²) in [6.45, 7) is 1.92. The van der Waals surface area contributed by atoms with Crippen LogP contribution in [-0.4, -0.2) is 16.8 Å². The van der Waals surface area contributed by atoms with Gasteiger partial charge in [-0.1, -0.05) is 30.3 Å². The number of nitrogens with zero attached hydrogens (tertiary/aromatic N) is 2. The van der Waals surface area contributed by atoms with E-state index in [0.29, 0.717) is 0 Å². The molecule has 0 bridgehead atoms. The summed E-state index contributed by atoms with van der Waals surface area (Å²) in [7, 11) is 0. The van der Waals surface area contributed by atoms with Crippen LogP contribution in [0.15, 0.2) is 53.7 Å². The van der Waals surface area contributed by atoms with Crippen LogP contribution in [0.4, 0.5) is 0 Å². The Morgan fingerprint density at radius 3 is 2.81 bits per heavy atom. The van der Waals surface area contributed by atoms with Gasteiger partial charge in [0.05, 0.1) is 18.0 Å². The molecule has 0 spiro atoms. The fraction of sp³-hybridized carbons (Fsp3) is 0.214. The van der Waals surface area contributed by atoms with Crippen molar-refractivity contribution < 1.29 is 0 Å². The van der Waals surface area contributed by atoms with E-state index in [9.17, 15) is 0 Å². The maximum absolute atomic E-state index is 4.63. The average molecular weight is 210 g/mol. The van der Waals surface area contributed by atoms with Gasteiger partial charge >= 0.3 is 0 Å². The second kappa shape index (κ2) is 3.97. The number of fused-ring (bicyclic) bond motifs is 1. The summed E-state index contributed by atoms with van der Waals surface area (Å²) < 4.78 is 2.28. The van der Waals surface area contributed by atoms with Gasteiger partial charge in [0.2, 0.25) is 0 Å². The lowest BCUT2D eigenvalue weighted by atomic mass is 10.1. The topological polar surface area (TPSA) is 17.3 Å². The monoisotopic (exact) mass is 210 g/mol. The number of aromatic nitrogens is 1. The van der Waals surface area contributed by atoms with E-state index in [1.165, 1.54) is 17.0 Å². The van der Waals surface area contributed by atoms with E-state index in [1.807, 2.05) is 0 Å². The van der Waals surface area contributed by atoms with Crippen molar-refractivity contribution in [3.05, 3.63) is 59.9 Å². The van der Waals surface area contributed by atoms with Gasteiger partial charge in [0.25, 0.3) is 0 Å². The highest BCUT2D eigenvalue weighted by Crippen LogP contribution is 2.13. The second-order valence-corrected chi connectivity index (χ2v) is 4.08. The smallest absolute Gasteiger partial charge is 0.0629 e. The number of hydrogen-bond acceptors (Lipinski definition) is 1. The Hall–Kier alpha value is -1.83. The van der Waals surface area contributed by atoms with Gasteiger partial charge in [0.15, 0.2) is 0 Å². The highest BCUT2D eigenvalue weighted by molar-refractivity contribution is 6.01. The van der Waals surface area contributed by atoms with Gasteiger partial charge in [0, 0.05) is 19.2 Å². The molecule has 2 heterocycles. The van der Waals surface area contributed by atoms with E-state index in [4.69, 9.17) is 0 Å². The molecule has 0 saturated carbocycles. The normalized spacial score (nSPS) is 14.4. The van der Waals surface area contributed by atoms with Crippen LogP contribution in [0.5, 0.6) is 0 Å². The van der Waals surface area contributed by atoms with E-state index < -0.39 is 0 Å². The molecule has 0 amide bonds. The molecule has 0 saturated heterocycles. The Labute approximate surface area is 95.3 Å². The lowest BCUT2D eigenvalue weighted by Gasteiger charge is -2.16. The molecule has 1 aromatic carbocycles. The number of aliphatic imine (C=N–C) groups is 1. The van der Waals surface area contributed by atoms with Gasteiger partial charge in [-0.15, -0.1) is 0 Å². The third-order valence-corrected chi connectivity index (χ3v) is 2.98. The first kappa shape index (κ1) is 9.40. The minimum Gasteiger partial charge on any atom is -0.345 e. The van der Waals surface area contributed by atoms with Crippen LogP contribution in [0, 0.1) is 0 Å². The predicted molar refractivity (Wildman–Crippen MR) is 66.0 cm³/mol. The molecule has 3 rings (SSSR count). The van der Waals surface area contributed by atoms with Crippen LogP contribution in [0.3, 0.4) is 0 Å². The van der Waals surface area contributed by atoms with Crippen LogP contribution in [0.2, 0.25) is 0 Å². The van der Waals surface area contributed by atoms with Crippen LogP contribution < -0.4 is 0 Å². The highest BCUT2D eigenvalue weighted by Gasteiger charge is 2.12.